The van der Waals surface area contributed by atoms with Crippen LogP contribution in [0.5, 0.6) is 0 Å². The molecule has 478 valence electrons. The van der Waals surface area contributed by atoms with E-state index in [0.29, 0.717) is 0 Å². The highest BCUT2D eigenvalue weighted by atomic mass is 31.2. The summed E-state index contributed by atoms with van der Waals surface area (Å²) in [5.74, 6) is -1.43. The molecule has 0 saturated carbocycles. The number of hydrogen-bond donors (Lipinski definition) is 11. The molecule has 15 atom stereocenters. The van der Waals surface area contributed by atoms with E-state index in [-0.39, 0.29) is 150 Å². The quantitative estimate of drug-likeness (QED) is 0.0298. The fourth-order valence-electron chi connectivity index (χ4n) is 7.07. The smallest absolute Gasteiger partial charge is 0.394 e. The molecule has 0 bridgehead atoms. The topological polar surface area (TPSA) is 465 Å². The van der Waals surface area contributed by atoms with Crippen LogP contribution in [0.2, 0.25) is 0 Å². The lowest BCUT2D eigenvalue weighted by molar-refractivity contribution is -0.216. The van der Waals surface area contributed by atoms with Crippen LogP contribution in [0.25, 0.3) is 0 Å². The number of phosphoric ester groups is 5. The molecule has 15 unspecified atom stereocenters. The average Bonchev–Trinajstić information content (AvgIpc) is 3.37. The third-order valence-corrected chi connectivity index (χ3v) is 16.6. The van der Waals surface area contributed by atoms with Crippen molar-refractivity contribution in [3.63, 3.8) is 0 Å². The van der Waals surface area contributed by atoms with E-state index in [1.807, 2.05) is 0 Å². The number of aliphatic hydroxyl groups is 6. The fourth-order valence-corrected chi connectivity index (χ4v) is 11.1. The van der Waals surface area contributed by atoms with E-state index in [4.69, 9.17) is 78.4 Å². The molecule has 11 N–H and O–H groups in total. The molecule has 33 nitrogen and oxygen atoms in total. The lowest BCUT2D eigenvalue weighted by Crippen LogP contribution is -2.55. The van der Waals surface area contributed by atoms with Gasteiger partial charge in [-0.2, -0.15) is 0 Å². The first-order chi connectivity index (χ1) is 37.6. The Morgan fingerprint density at radius 3 is 0.938 bits per heavy atom. The average molecular weight is 1270 g/mol. The van der Waals surface area contributed by atoms with Gasteiger partial charge in [0.05, 0.1) is 149 Å². The predicted octanol–water partition coefficient (Wildman–Crippen LogP) is 0.948. The second-order valence-electron chi connectivity index (χ2n) is 18.5. The maximum absolute atomic E-state index is 12.3. The number of aliphatic hydroxyl groups excluding tert-OH is 6. The summed E-state index contributed by atoms with van der Waals surface area (Å²) in [6.45, 7) is 2.51. The molecule has 2 rings (SSSR count). The van der Waals surface area contributed by atoms with E-state index in [0.717, 1.165) is 0 Å². The Balaban J connectivity index is 1.62. The number of rotatable bonds is 49. The highest BCUT2D eigenvalue weighted by Gasteiger charge is 2.43. The van der Waals surface area contributed by atoms with Crippen LogP contribution in [0.15, 0.2) is 0 Å². The largest absolute Gasteiger partial charge is 0.472 e. The number of hydrogen-bond acceptors (Lipinski definition) is 28. The predicted molar refractivity (Wildman–Crippen MR) is 273 cm³/mol. The molecule has 0 aromatic rings. The van der Waals surface area contributed by atoms with Gasteiger partial charge in [0.2, 0.25) is 0 Å². The molecular weight excluding hydrogens is 1190 g/mol. The standard InChI is InChI=1S/C42H87O33P5/c1-31(2)75-80(57,58)70-15-7-12-61-28-34(26-59-10-5-13-64-76(49,50)66-16-8-18-68-78(53,54)71-22-20-62-29-37-32(3)39(45)41(47)35(24-43)73-37)27-60-11-6-14-65-77(51,52)67-17-9-19-69-79(55,56)72-23-21-63-30-38-33(4)40(46)42(48)36(25-44)74-38/h31-48H,5-30H2,1-4H3,(H,49,50)(H,51,52)(H,53,54)(H,55,56)(H,57,58). The molecule has 2 aliphatic rings. The van der Waals surface area contributed by atoms with Crippen molar-refractivity contribution >= 4 is 39.1 Å². The van der Waals surface area contributed by atoms with Gasteiger partial charge in [-0.3, -0.25) is 45.2 Å². The third kappa shape index (κ3) is 33.8. The Kier molecular flexibility index (Phi) is 38.5. The summed E-state index contributed by atoms with van der Waals surface area (Å²) in [7, 11) is -22.4. The first kappa shape index (κ1) is 76.1. The number of phosphoric acid groups is 5. The van der Waals surface area contributed by atoms with Crippen molar-refractivity contribution in [3.8, 4) is 0 Å². The van der Waals surface area contributed by atoms with Crippen molar-refractivity contribution in [2.45, 2.75) is 115 Å². The summed E-state index contributed by atoms with van der Waals surface area (Å²) in [4.78, 5) is 49.6. The third-order valence-electron chi connectivity index (χ3n) is 11.4. The normalized spacial score (nSPS) is 27.9. The van der Waals surface area contributed by atoms with Gasteiger partial charge in [0.15, 0.2) is 0 Å². The second-order valence-corrected chi connectivity index (χ2v) is 25.7. The monoisotopic (exact) mass is 1270 g/mol. The van der Waals surface area contributed by atoms with E-state index >= 15 is 0 Å². The van der Waals surface area contributed by atoms with E-state index in [2.05, 4.69) is 0 Å². The summed E-state index contributed by atoms with van der Waals surface area (Å²) in [5.41, 5.74) is 0. The minimum Gasteiger partial charge on any atom is -0.394 e. The SMILES string of the molecule is CC(C)OP(=O)(O)OCCCOCC(COCCCOP(=O)(O)OCCCOP(=O)(O)OCCOCC1OC(CO)C(O)C(O)C1C)COCCCOP(=O)(O)OCCCOP(=O)(O)OCCOCC1OC(CO)C(O)C(O)C1C. The van der Waals surface area contributed by atoms with Gasteiger partial charge in [0.1, 0.15) is 24.4 Å². The maximum atomic E-state index is 12.3. The number of ether oxygens (including phenoxy) is 7. The molecule has 2 saturated heterocycles. The van der Waals surface area contributed by atoms with Crippen molar-refractivity contribution < 1.29 is 156 Å². The Bertz CT molecular complexity index is 1770. The highest BCUT2D eigenvalue weighted by molar-refractivity contribution is 7.48. The van der Waals surface area contributed by atoms with Gasteiger partial charge >= 0.3 is 39.1 Å². The first-order valence-corrected chi connectivity index (χ1v) is 33.4. The van der Waals surface area contributed by atoms with Crippen molar-refractivity contribution in [1.82, 2.24) is 0 Å². The van der Waals surface area contributed by atoms with Crippen LogP contribution in [0, 0.1) is 17.8 Å². The molecule has 38 heteroatoms. The van der Waals surface area contributed by atoms with Crippen LogP contribution in [-0.2, 0) is 101 Å². The molecule has 2 heterocycles. The minimum atomic E-state index is -4.53. The van der Waals surface area contributed by atoms with Crippen LogP contribution in [0.3, 0.4) is 0 Å². The summed E-state index contributed by atoms with van der Waals surface area (Å²) < 4.78 is 149. The Morgan fingerprint density at radius 1 is 0.375 bits per heavy atom. The molecule has 80 heavy (non-hydrogen) atoms. The first-order valence-electron chi connectivity index (χ1n) is 25.9. The van der Waals surface area contributed by atoms with E-state index in [1.165, 1.54) is 0 Å². The summed E-state index contributed by atoms with van der Waals surface area (Å²) in [6.07, 6.45) is -8.36. The van der Waals surface area contributed by atoms with Gasteiger partial charge < -0.3 is 88.3 Å². The van der Waals surface area contributed by atoms with Crippen LogP contribution < -0.4 is 0 Å². The van der Waals surface area contributed by atoms with Crippen molar-refractivity contribution in [1.29, 1.82) is 0 Å². The molecule has 0 aromatic heterocycles. The van der Waals surface area contributed by atoms with Gasteiger partial charge in [-0.15, -0.1) is 0 Å². The van der Waals surface area contributed by atoms with Gasteiger partial charge in [-0.1, -0.05) is 13.8 Å². The molecule has 0 amide bonds. The van der Waals surface area contributed by atoms with Crippen molar-refractivity contribution in [2.75, 3.05) is 139 Å². The molecule has 0 radical (unpaired) electrons. The maximum Gasteiger partial charge on any atom is 0.472 e. The lowest BCUT2D eigenvalue weighted by atomic mass is 9.88. The van der Waals surface area contributed by atoms with Crippen LogP contribution >= 0.6 is 39.1 Å². The Morgan fingerprint density at radius 2 is 0.650 bits per heavy atom. The van der Waals surface area contributed by atoms with Crippen molar-refractivity contribution in [3.05, 3.63) is 0 Å². The zero-order valence-corrected chi connectivity index (χ0v) is 49.9. The zero-order chi connectivity index (χ0) is 59.8. The second kappa shape index (κ2) is 40.5. The van der Waals surface area contributed by atoms with E-state index in [9.17, 15) is 77.9 Å². The van der Waals surface area contributed by atoms with Gasteiger partial charge in [0.25, 0.3) is 0 Å². The Labute approximate surface area is 465 Å². The van der Waals surface area contributed by atoms with Gasteiger partial charge in [0, 0.05) is 37.6 Å². The molecule has 0 spiro atoms. The van der Waals surface area contributed by atoms with Crippen molar-refractivity contribution in [2.24, 2.45) is 17.8 Å². The summed E-state index contributed by atoms with van der Waals surface area (Å²) in [5, 5.41) is 58.9. The zero-order valence-electron chi connectivity index (χ0n) is 45.4. The fraction of sp³-hybridized carbons (Fsp3) is 1.00. The minimum absolute atomic E-state index is 0.0573. The lowest BCUT2D eigenvalue weighted by Gasteiger charge is -2.40. The summed E-state index contributed by atoms with van der Waals surface area (Å²) in [6, 6.07) is 0. The van der Waals surface area contributed by atoms with E-state index < -0.39 is 132 Å². The summed E-state index contributed by atoms with van der Waals surface area (Å²) >= 11 is 0. The highest BCUT2D eigenvalue weighted by Crippen LogP contribution is 2.47. The molecule has 0 aliphatic carbocycles. The molecule has 2 aliphatic heterocycles. The Hall–Kier alpha value is 0.0300. The molecule has 0 aromatic carbocycles. The molecular formula is C42H87O33P5. The molecule has 2 fully saturated rings. The van der Waals surface area contributed by atoms with Crippen LogP contribution in [0.4, 0.5) is 0 Å². The van der Waals surface area contributed by atoms with Crippen LogP contribution in [-0.4, -0.2) is 249 Å². The van der Waals surface area contributed by atoms with Gasteiger partial charge in [-0.25, -0.2) is 22.8 Å². The van der Waals surface area contributed by atoms with Crippen LogP contribution in [0.1, 0.15) is 59.8 Å². The van der Waals surface area contributed by atoms with E-state index in [1.54, 1.807) is 27.7 Å². The van der Waals surface area contributed by atoms with Gasteiger partial charge in [-0.05, 0) is 46.0 Å².